The van der Waals surface area contributed by atoms with Gasteiger partial charge in [-0.3, -0.25) is 9.59 Å². The van der Waals surface area contributed by atoms with E-state index < -0.39 is 17.4 Å². The van der Waals surface area contributed by atoms with Crippen molar-refractivity contribution in [2.24, 2.45) is 0 Å². The highest BCUT2D eigenvalue weighted by molar-refractivity contribution is 6.39. The zero-order valence-electron chi connectivity index (χ0n) is 14.5. The third kappa shape index (κ3) is 4.08. The smallest absolute Gasteiger partial charge is 0.313 e. The summed E-state index contributed by atoms with van der Waals surface area (Å²) in [6, 6.07) is 17.4. The molecule has 3 rings (SSSR count). The van der Waals surface area contributed by atoms with E-state index in [2.05, 4.69) is 10.6 Å². The SMILES string of the molecule is Cc1ccc(NC(=O)C(=O)NC2(c3ccccc3)CCCCC2)cc1. The number of anilines is 1. The molecule has 2 N–H and O–H groups in total. The Morgan fingerprint density at radius 2 is 1.48 bits per heavy atom. The molecule has 1 aliphatic carbocycles. The molecular weight excluding hydrogens is 312 g/mol. The zero-order valence-corrected chi connectivity index (χ0v) is 14.5. The van der Waals surface area contributed by atoms with Crippen LogP contribution in [0, 0.1) is 6.92 Å². The number of hydrogen-bond acceptors (Lipinski definition) is 2. The van der Waals surface area contributed by atoms with Crippen LogP contribution in [0.2, 0.25) is 0 Å². The number of rotatable bonds is 3. The van der Waals surface area contributed by atoms with Gasteiger partial charge >= 0.3 is 11.8 Å². The molecule has 0 aromatic heterocycles. The third-order valence-electron chi connectivity index (χ3n) is 4.90. The Hall–Kier alpha value is -2.62. The van der Waals surface area contributed by atoms with Gasteiger partial charge < -0.3 is 10.6 Å². The van der Waals surface area contributed by atoms with Crippen molar-refractivity contribution in [3.8, 4) is 0 Å². The average molecular weight is 336 g/mol. The summed E-state index contributed by atoms with van der Waals surface area (Å²) >= 11 is 0. The summed E-state index contributed by atoms with van der Waals surface area (Å²) in [5.41, 5.74) is 2.36. The minimum absolute atomic E-state index is 0.443. The zero-order chi connectivity index (χ0) is 17.7. The fourth-order valence-corrected chi connectivity index (χ4v) is 3.50. The minimum atomic E-state index is -0.621. The predicted molar refractivity (Wildman–Crippen MR) is 99.2 cm³/mol. The molecule has 0 spiro atoms. The summed E-state index contributed by atoms with van der Waals surface area (Å²) in [5, 5.41) is 5.71. The fraction of sp³-hybridized carbons (Fsp3) is 0.333. The predicted octanol–water partition coefficient (Wildman–Crippen LogP) is 3.91. The van der Waals surface area contributed by atoms with Crippen molar-refractivity contribution in [3.05, 3.63) is 65.7 Å². The van der Waals surface area contributed by atoms with Gasteiger partial charge in [-0.15, -0.1) is 0 Å². The minimum Gasteiger partial charge on any atom is -0.338 e. The molecule has 1 fully saturated rings. The topological polar surface area (TPSA) is 58.2 Å². The molecule has 2 amide bonds. The summed E-state index contributed by atoms with van der Waals surface area (Å²) in [5.74, 6) is -1.20. The van der Waals surface area contributed by atoms with Crippen LogP contribution in [0.15, 0.2) is 54.6 Å². The maximum absolute atomic E-state index is 12.5. The molecule has 0 atom stereocenters. The summed E-state index contributed by atoms with van der Waals surface area (Å²) in [6.07, 6.45) is 4.99. The van der Waals surface area contributed by atoms with Crippen molar-refractivity contribution < 1.29 is 9.59 Å². The molecule has 0 bridgehead atoms. The van der Waals surface area contributed by atoms with Crippen LogP contribution in [0.4, 0.5) is 5.69 Å². The number of nitrogens with one attached hydrogen (secondary N) is 2. The van der Waals surface area contributed by atoms with Crippen LogP contribution in [-0.2, 0) is 15.1 Å². The van der Waals surface area contributed by atoms with Crippen molar-refractivity contribution in [3.63, 3.8) is 0 Å². The van der Waals surface area contributed by atoms with Crippen LogP contribution in [0.5, 0.6) is 0 Å². The second kappa shape index (κ2) is 7.51. The molecule has 25 heavy (non-hydrogen) atoms. The van der Waals surface area contributed by atoms with Gasteiger partial charge in [0.2, 0.25) is 0 Å². The Kier molecular flexibility index (Phi) is 5.17. The van der Waals surface area contributed by atoms with Crippen LogP contribution in [0.3, 0.4) is 0 Å². The first-order valence-corrected chi connectivity index (χ1v) is 8.85. The van der Waals surface area contributed by atoms with Crippen LogP contribution < -0.4 is 10.6 Å². The quantitative estimate of drug-likeness (QED) is 0.835. The molecule has 4 nitrogen and oxygen atoms in total. The lowest BCUT2D eigenvalue weighted by molar-refractivity contribution is -0.137. The van der Waals surface area contributed by atoms with E-state index in [4.69, 9.17) is 0 Å². The van der Waals surface area contributed by atoms with Gasteiger partial charge in [0.15, 0.2) is 0 Å². The van der Waals surface area contributed by atoms with E-state index in [1.807, 2.05) is 49.4 Å². The molecule has 2 aromatic carbocycles. The maximum atomic E-state index is 12.5. The Balaban J connectivity index is 1.74. The van der Waals surface area contributed by atoms with E-state index >= 15 is 0 Å². The lowest BCUT2D eigenvalue weighted by Crippen LogP contribution is -2.50. The lowest BCUT2D eigenvalue weighted by Gasteiger charge is -2.38. The van der Waals surface area contributed by atoms with Crippen molar-refractivity contribution >= 4 is 17.5 Å². The van der Waals surface area contributed by atoms with Gasteiger partial charge in [0.1, 0.15) is 0 Å². The second-order valence-electron chi connectivity index (χ2n) is 6.78. The highest BCUT2D eigenvalue weighted by Crippen LogP contribution is 2.37. The van der Waals surface area contributed by atoms with Crippen LogP contribution in [0.25, 0.3) is 0 Å². The molecular formula is C21H24N2O2. The number of carbonyl (C=O) groups is 2. The Bertz CT molecular complexity index is 732. The first kappa shape index (κ1) is 17.2. The van der Waals surface area contributed by atoms with Crippen molar-refractivity contribution in [2.45, 2.75) is 44.6 Å². The third-order valence-corrected chi connectivity index (χ3v) is 4.90. The van der Waals surface area contributed by atoms with Gasteiger partial charge in [-0.05, 0) is 37.5 Å². The highest BCUT2D eigenvalue weighted by atomic mass is 16.2. The number of aryl methyl sites for hydroxylation is 1. The lowest BCUT2D eigenvalue weighted by atomic mass is 9.76. The van der Waals surface area contributed by atoms with Gasteiger partial charge in [-0.2, -0.15) is 0 Å². The van der Waals surface area contributed by atoms with E-state index in [0.29, 0.717) is 5.69 Å². The summed E-state index contributed by atoms with van der Waals surface area (Å²) in [4.78, 5) is 24.9. The molecule has 1 aliphatic rings. The molecule has 130 valence electrons. The van der Waals surface area contributed by atoms with Crippen LogP contribution in [-0.4, -0.2) is 11.8 Å². The van der Waals surface area contributed by atoms with Crippen LogP contribution in [0.1, 0.15) is 43.2 Å². The Morgan fingerprint density at radius 3 is 2.12 bits per heavy atom. The molecule has 0 heterocycles. The number of carbonyl (C=O) groups excluding carboxylic acids is 2. The van der Waals surface area contributed by atoms with E-state index in [1.54, 1.807) is 12.1 Å². The normalized spacial score (nSPS) is 16.0. The van der Waals surface area contributed by atoms with Gasteiger partial charge in [-0.1, -0.05) is 67.3 Å². The van der Waals surface area contributed by atoms with E-state index in [0.717, 1.165) is 36.8 Å². The van der Waals surface area contributed by atoms with E-state index in [9.17, 15) is 9.59 Å². The number of hydrogen-bond donors (Lipinski definition) is 2. The van der Waals surface area contributed by atoms with Gasteiger partial charge in [0.25, 0.3) is 0 Å². The van der Waals surface area contributed by atoms with Crippen LogP contribution >= 0.6 is 0 Å². The summed E-state index contributed by atoms with van der Waals surface area (Å²) < 4.78 is 0. The van der Waals surface area contributed by atoms with Gasteiger partial charge in [-0.25, -0.2) is 0 Å². The first-order valence-electron chi connectivity index (χ1n) is 8.85. The highest BCUT2D eigenvalue weighted by Gasteiger charge is 2.36. The molecule has 2 aromatic rings. The average Bonchev–Trinajstić information content (AvgIpc) is 2.65. The van der Waals surface area contributed by atoms with Crippen molar-refractivity contribution in [1.29, 1.82) is 0 Å². The van der Waals surface area contributed by atoms with Crippen molar-refractivity contribution in [1.82, 2.24) is 5.32 Å². The molecule has 0 saturated heterocycles. The molecule has 4 heteroatoms. The molecule has 1 saturated carbocycles. The maximum Gasteiger partial charge on any atom is 0.313 e. The first-order chi connectivity index (χ1) is 12.1. The number of benzene rings is 2. The second-order valence-corrected chi connectivity index (χ2v) is 6.78. The molecule has 0 radical (unpaired) electrons. The summed E-state index contributed by atoms with van der Waals surface area (Å²) in [6.45, 7) is 1.98. The van der Waals surface area contributed by atoms with Crippen molar-refractivity contribution in [2.75, 3.05) is 5.32 Å². The fourth-order valence-electron chi connectivity index (χ4n) is 3.50. The Morgan fingerprint density at radius 1 is 0.840 bits per heavy atom. The standard InChI is InChI=1S/C21H24N2O2/c1-16-10-12-18(13-11-16)22-19(24)20(25)23-21(14-6-3-7-15-21)17-8-4-2-5-9-17/h2,4-5,8-13H,3,6-7,14-15H2,1H3,(H,22,24)(H,23,25). The molecule has 0 unspecified atom stereocenters. The van der Waals surface area contributed by atoms with Gasteiger partial charge in [0.05, 0.1) is 5.54 Å². The van der Waals surface area contributed by atoms with E-state index in [1.165, 1.54) is 6.42 Å². The monoisotopic (exact) mass is 336 g/mol. The van der Waals surface area contributed by atoms with E-state index in [-0.39, 0.29) is 0 Å². The largest absolute Gasteiger partial charge is 0.338 e. The molecule has 0 aliphatic heterocycles. The number of amides is 2. The Labute approximate surface area is 148 Å². The van der Waals surface area contributed by atoms with Gasteiger partial charge in [0, 0.05) is 5.69 Å². The summed E-state index contributed by atoms with van der Waals surface area (Å²) in [7, 11) is 0.